The first-order chi connectivity index (χ1) is 12.6. The van der Waals surface area contributed by atoms with Crippen molar-refractivity contribution >= 4 is 11.9 Å². The van der Waals surface area contributed by atoms with Crippen LogP contribution in [0.25, 0.3) is 0 Å². The number of nitrogens with zero attached hydrogens (tertiary/aromatic N) is 2. The van der Waals surface area contributed by atoms with Gasteiger partial charge in [0.1, 0.15) is 5.75 Å². The number of hydrogen-bond donors (Lipinski definition) is 1. The Morgan fingerprint density at radius 2 is 2.08 bits per heavy atom. The number of ether oxygens (including phenoxy) is 2. The van der Waals surface area contributed by atoms with E-state index < -0.39 is 0 Å². The minimum atomic E-state index is -0.144. The molecule has 0 amide bonds. The summed E-state index contributed by atoms with van der Waals surface area (Å²) in [5, 5.41) is 3.42. The Hall–Kier alpha value is -2.24. The van der Waals surface area contributed by atoms with Gasteiger partial charge in [-0.2, -0.15) is 0 Å². The zero-order valence-corrected chi connectivity index (χ0v) is 15.9. The Morgan fingerprint density at radius 1 is 1.31 bits per heavy atom. The summed E-state index contributed by atoms with van der Waals surface area (Å²) in [5.74, 6) is 1.75. The molecule has 1 heterocycles. The van der Waals surface area contributed by atoms with Gasteiger partial charge in [0.05, 0.1) is 19.1 Å². The van der Waals surface area contributed by atoms with E-state index in [9.17, 15) is 4.79 Å². The Balaban J connectivity index is 1.61. The lowest BCUT2D eigenvalue weighted by Gasteiger charge is -2.28. The number of nitrogens with one attached hydrogen (secondary N) is 1. The molecule has 1 N–H and O–H groups in total. The molecule has 1 aliphatic carbocycles. The van der Waals surface area contributed by atoms with Gasteiger partial charge < -0.3 is 19.7 Å². The van der Waals surface area contributed by atoms with Gasteiger partial charge in [-0.05, 0) is 31.2 Å². The second kappa shape index (κ2) is 8.43. The van der Waals surface area contributed by atoms with Crippen molar-refractivity contribution in [1.82, 2.24) is 10.2 Å². The Bertz CT molecular complexity index is 657. The third-order valence-electron chi connectivity index (χ3n) is 5.38. The van der Waals surface area contributed by atoms with E-state index in [1.807, 2.05) is 18.2 Å². The van der Waals surface area contributed by atoms with Crippen LogP contribution >= 0.6 is 0 Å². The maximum Gasteiger partial charge on any atom is 0.310 e. The highest BCUT2D eigenvalue weighted by Crippen LogP contribution is 2.28. The molecule has 2 atom stereocenters. The first kappa shape index (κ1) is 18.5. The first-order valence-electron chi connectivity index (χ1n) is 9.40. The van der Waals surface area contributed by atoms with Crippen molar-refractivity contribution in [2.75, 3.05) is 27.2 Å². The number of guanidine groups is 1. The predicted molar refractivity (Wildman–Crippen MR) is 101 cm³/mol. The van der Waals surface area contributed by atoms with Gasteiger partial charge in [0.2, 0.25) is 0 Å². The Morgan fingerprint density at radius 3 is 2.73 bits per heavy atom. The molecule has 2 fully saturated rings. The number of para-hydroxylation sites is 1. The van der Waals surface area contributed by atoms with Crippen LogP contribution in [0.4, 0.5) is 0 Å². The molecule has 1 aromatic rings. The summed E-state index contributed by atoms with van der Waals surface area (Å²) in [6, 6.07) is 8.15. The number of carbonyl (C=O) groups excluding carboxylic acids is 1. The van der Waals surface area contributed by atoms with Crippen molar-refractivity contribution in [2.24, 2.45) is 16.8 Å². The molecule has 0 bridgehead atoms. The van der Waals surface area contributed by atoms with Gasteiger partial charge in [-0.15, -0.1) is 0 Å². The lowest BCUT2D eigenvalue weighted by molar-refractivity contribution is -0.145. The van der Waals surface area contributed by atoms with Crippen molar-refractivity contribution in [3.63, 3.8) is 0 Å². The van der Waals surface area contributed by atoms with Crippen LogP contribution in [0, 0.1) is 11.8 Å². The molecule has 0 radical (unpaired) electrons. The molecule has 0 spiro atoms. The van der Waals surface area contributed by atoms with Crippen LogP contribution in [0.2, 0.25) is 0 Å². The van der Waals surface area contributed by atoms with Crippen LogP contribution in [-0.2, 0) is 16.1 Å². The van der Waals surface area contributed by atoms with Gasteiger partial charge in [-0.1, -0.05) is 25.1 Å². The average Bonchev–Trinajstić information content (AvgIpc) is 3.00. The summed E-state index contributed by atoms with van der Waals surface area (Å²) in [5.41, 5.74) is 1.12. The highest BCUT2D eigenvalue weighted by atomic mass is 16.5. The molecule has 1 saturated carbocycles. The van der Waals surface area contributed by atoms with Crippen LogP contribution < -0.4 is 10.1 Å². The summed E-state index contributed by atoms with van der Waals surface area (Å²) in [4.78, 5) is 18.4. The van der Waals surface area contributed by atoms with E-state index >= 15 is 0 Å². The van der Waals surface area contributed by atoms with Crippen molar-refractivity contribution in [1.29, 1.82) is 0 Å². The third-order valence-corrected chi connectivity index (χ3v) is 5.38. The van der Waals surface area contributed by atoms with Crippen LogP contribution in [0.1, 0.15) is 31.7 Å². The standard InChI is InChI=1S/C20H29N3O3/c1-14-12-23(13-17(14)19(24)25-3)20(21-2)22-11-15-7-4-5-10-18(15)26-16-8-6-9-16/h4-5,7,10,14,16-17H,6,8-9,11-13H2,1-3H3,(H,21,22). The molecule has 3 rings (SSSR count). The van der Waals surface area contributed by atoms with Gasteiger partial charge >= 0.3 is 5.97 Å². The predicted octanol–water partition coefficient (Wildman–Crippen LogP) is 2.43. The van der Waals surface area contributed by atoms with Crippen molar-refractivity contribution in [3.8, 4) is 5.75 Å². The van der Waals surface area contributed by atoms with E-state index in [0.29, 0.717) is 19.2 Å². The number of aliphatic imine (C=N–C) groups is 1. The molecule has 26 heavy (non-hydrogen) atoms. The summed E-state index contributed by atoms with van der Waals surface area (Å²) in [6.45, 7) is 4.15. The van der Waals surface area contributed by atoms with E-state index in [1.54, 1.807) is 7.05 Å². The second-order valence-corrected chi connectivity index (χ2v) is 7.19. The lowest BCUT2D eigenvalue weighted by atomic mass is 9.96. The third kappa shape index (κ3) is 4.11. The van der Waals surface area contributed by atoms with Gasteiger partial charge in [0.25, 0.3) is 0 Å². The van der Waals surface area contributed by atoms with E-state index in [4.69, 9.17) is 9.47 Å². The molecular weight excluding hydrogens is 330 g/mol. The molecule has 2 aliphatic rings. The molecule has 2 unspecified atom stereocenters. The quantitative estimate of drug-likeness (QED) is 0.497. The summed E-state index contributed by atoms with van der Waals surface area (Å²) in [7, 11) is 3.22. The number of rotatable bonds is 5. The largest absolute Gasteiger partial charge is 0.490 e. The van der Waals surface area contributed by atoms with Gasteiger partial charge in [-0.25, -0.2) is 0 Å². The van der Waals surface area contributed by atoms with E-state index in [2.05, 4.69) is 28.2 Å². The van der Waals surface area contributed by atoms with Crippen LogP contribution in [0.3, 0.4) is 0 Å². The Labute approximate surface area is 155 Å². The monoisotopic (exact) mass is 359 g/mol. The fourth-order valence-electron chi connectivity index (χ4n) is 3.54. The minimum Gasteiger partial charge on any atom is -0.490 e. The smallest absolute Gasteiger partial charge is 0.310 e. The average molecular weight is 359 g/mol. The molecule has 142 valence electrons. The van der Waals surface area contributed by atoms with Gasteiger partial charge in [0, 0.05) is 32.2 Å². The second-order valence-electron chi connectivity index (χ2n) is 7.19. The Kier molecular flexibility index (Phi) is 6.01. The van der Waals surface area contributed by atoms with Crippen molar-refractivity contribution in [3.05, 3.63) is 29.8 Å². The molecular formula is C20H29N3O3. The number of likely N-dealkylation sites (tertiary alicyclic amines) is 1. The number of esters is 1. The summed E-state index contributed by atoms with van der Waals surface area (Å²) >= 11 is 0. The number of benzene rings is 1. The highest BCUT2D eigenvalue weighted by Gasteiger charge is 2.36. The topological polar surface area (TPSA) is 63.2 Å². The fourth-order valence-corrected chi connectivity index (χ4v) is 3.54. The van der Waals surface area contributed by atoms with E-state index in [-0.39, 0.29) is 17.8 Å². The number of carbonyl (C=O) groups is 1. The lowest BCUT2D eigenvalue weighted by Crippen LogP contribution is -2.40. The molecule has 0 aromatic heterocycles. The van der Waals surface area contributed by atoms with E-state index in [0.717, 1.165) is 36.7 Å². The summed E-state index contributed by atoms with van der Waals surface area (Å²) < 4.78 is 11.0. The first-order valence-corrected chi connectivity index (χ1v) is 9.40. The summed E-state index contributed by atoms with van der Waals surface area (Å²) in [6.07, 6.45) is 3.90. The highest BCUT2D eigenvalue weighted by molar-refractivity contribution is 5.82. The molecule has 1 aromatic carbocycles. The SMILES string of the molecule is CN=C(NCc1ccccc1OC1CCC1)N1CC(C)C(C(=O)OC)C1. The van der Waals surface area contributed by atoms with Crippen LogP contribution in [0.5, 0.6) is 5.75 Å². The van der Waals surface area contributed by atoms with Crippen molar-refractivity contribution in [2.45, 2.75) is 38.8 Å². The number of methoxy groups -OCH3 is 1. The maximum absolute atomic E-state index is 11.9. The van der Waals surface area contributed by atoms with Crippen molar-refractivity contribution < 1.29 is 14.3 Å². The molecule has 6 heteroatoms. The molecule has 6 nitrogen and oxygen atoms in total. The van der Waals surface area contributed by atoms with Gasteiger partial charge in [0.15, 0.2) is 5.96 Å². The molecule has 1 aliphatic heterocycles. The zero-order chi connectivity index (χ0) is 18.5. The molecule has 1 saturated heterocycles. The van der Waals surface area contributed by atoms with Crippen LogP contribution in [0.15, 0.2) is 29.3 Å². The van der Waals surface area contributed by atoms with E-state index in [1.165, 1.54) is 13.5 Å². The number of hydrogen-bond acceptors (Lipinski definition) is 4. The minimum absolute atomic E-state index is 0.104. The zero-order valence-electron chi connectivity index (χ0n) is 15.9. The van der Waals surface area contributed by atoms with Gasteiger partial charge in [-0.3, -0.25) is 9.79 Å². The normalized spacial score (nSPS) is 23.5. The fraction of sp³-hybridized carbons (Fsp3) is 0.600. The maximum atomic E-state index is 11.9. The van der Waals surface area contributed by atoms with Crippen LogP contribution in [-0.4, -0.2) is 50.2 Å².